The summed E-state index contributed by atoms with van der Waals surface area (Å²) in [6, 6.07) is 9.22. The minimum absolute atomic E-state index is 0.194. The average Bonchev–Trinajstić information content (AvgIpc) is 2.80. The normalized spacial score (nSPS) is 11.1. The van der Waals surface area contributed by atoms with Gasteiger partial charge in [-0.15, -0.1) is 0 Å². The second kappa shape index (κ2) is 5.15. The maximum atomic E-state index is 13.3. The van der Waals surface area contributed by atoms with Crippen molar-refractivity contribution in [3.05, 3.63) is 47.9 Å². The van der Waals surface area contributed by atoms with Crippen LogP contribution in [0.3, 0.4) is 0 Å². The molecule has 0 saturated carbocycles. The summed E-state index contributed by atoms with van der Waals surface area (Å²) in [5.41, 5.74) is 3.04. The molecule has 90 valence electrons. The molecule has 2 aromatic rings. The molecule has 0 bridgehead atoms. The van der Waals surface area contributed by atoms with Crippen LogP contribution in [0.15, 0.2) is 36.5 Å². The fourth-order valence-electron chi connectivity index (χ4n) is 1.78. The summed E-state index contributed by atoms with van der Waals surface area (Å²) in [6.07, 6.45) is 1.87. The van der Waals surface area contributed by atoms with Crippen molar-refractivity contribution < 1.29 is 4.39 Å². The van der Waals surface area contributed by atoms with Crippen LogP contribution in [0.2, 0.25) is 0 Å². The number of hydrogen-bond donors (Lipinski definition) is 2. The van der Waals surface area contributed by atoms with Gasteiger partial charge >= 0.3 is 0 Å². The number of nitrogens with one attached hydrogen (secondary N) is 2. The largest absolute Gasteiger partial charge is 0.361 e. The van der Waals surface area contributed by atoms with Crippen LogP contribution in [0.1, 0.15) is 19.4 Å². The Balaban J connectivity index is 2.31. The van der Waals surface area contributed by atoms with Crippen LogP contribution < -0.4 is 5.32 Å². The average molecular weight is 232 g/mol. The summed E-state index contributed by atoms with van der Waals surface area (Å²) in [5, 5.41) is 3.31. The molecule has 0 atom stereocenters. The topological polar surface area (TPSA) is 27.8 Å². The lowest BCUT2D eigenvalue weighted by molar-refractivity contribution is 0.582. The summed E-state index contributed by atoms with van der Waals surface area (Å²) in [6.45, 7) is 4.82. The third-order valence-electron chi connectivity index (χ3n) is 2.66. The van der Waals surface area contributed by atoms with Crippen LogP contribution >= 0.6 is 0 Å². The molecule has 0 aliphatic heterocycles. The van der Waals surface area contributed by atoms with E-state index in [0.29, 0.717) is 12.6 Å². The summed E-state index contributed by atoms with van der Waals surface area (Å²) >= 11 is 0. The van der Waals surface area contributed by atoms with E-state index in [-0.39, 0.29) is 5.82 Å². The van der Waals surface area contributed by atoms with Gasteiger partial charge in [0.2, 0.25) is 0 Å². The van der Waals surface area contributed by atoms with E-state index in [4.69, 9.17) is 0 Å². The summed E-state index contributed by atoms with van der Waals surface area (Å²) in [7, 11) is 0. The highest BCUT2D eigenvalue weighted by molar-refractivity contribution is 5.63. The number of halogens is 1. The first-order valence-corrected chi connectivity index (χ1v) is 5.82. The number of aromatic amines is 1. The number of H-pyrrole nitrogens is 1. The van der Waals surface area contributed by atoms with Crippen LogP contribution in [0.25, 0.3) is 11.3 Å². The molecule has 2 N–H and O–H groups in total. The Labute approximate surface area is 101 Å². The van der Waals surface area contributed by atoms with E-state index >= 15 is 0 Å². The standard InChI is InChI=1S/C14H17FN2/c1-10(2)17-9-11-8-12(15)5-6-13(11)14-4-3-7-16-14/h3-8,10,16-17H,9H2,1-2H3. The zero-order chi connectivity index (χ0) is 12.3. The van der Waals surface area contributed by atoms with Crippen molar-refractivity contribution in [1.29, 1.82) is 0 Å². The molecule has 17 heavy (non-hydrogen) atoms. The van der Waals surface area contributed by atoms with Gasteiger partial charge in [0.15, 0.2) is 0 Å². The van der Waals surface area contributed by atoms with Gasteiger partial charge in [-0.2, -0.15) is 0 Å². The molecule has 0 amide bonds. The highest BCUT2D eigenvalue weighted by atomic mass is 19.1. The molecule has 0 unspecified atom stereocenters. The smallest absolute Gasteiger partial charge is 0.123 e. The van der Waals surface area contributed by atoms with E-state index in [0.717, 1.165) is 16.8 Å². The van der Waals surface area contributed by atoms with Gasteiger partial charge in [-0.05, 0) is 35.9 Å². The van der Waals surface area contributed by atoms with Gasteiger partial charge in [-0.1, -0.05) is 13.8 Å². The highest BCUT2D eigenvalue weighted by Crippen LogP contribution is 2.23. The molecule has 1 heterocycles. The van der Waals surface area contributed by atoms with Crippen molar-refractivity contribution in [2.75, 3.05) is 0 Å². The zero-order valence-corrected chi connectivity index (χ0v) is 10.1. The predicted molar refractivity (Wildman–Crippen MR) is 68.2 cm³/mol. The molecule has 2 nitrogen and oxygen atoms in total. The van der Waals surface area contributed by atoms with E-state index in [1.54, 1.807) is 6.07 Å². The third kappa shape index (κ3) is 2.94. The molecule has 0 spiro atoms. The molecule has 1 aromatic heterocycles. The van der Waals surface area contributed by atoms with Crippen molar-refractivity contribution in [3.63, 3.8) is 0 Å². The quantitative estimate of drug-likeness (QED) is 0.831. The molecule has 3 heteroatoms. The Morgan fingerprint density at radius 1 is 1.29 bits per heavy atom. The van der Waals surface area contributed by atoms with Gasteiger partial charge < -0.3 is 10.3 Å². The second-order valence-corrected chi connectivity index (χ2v) is 4.42. The minimum atomic E-state index is -0.194. The molecule has 0 fully saturated rings. The van der Waals surface area contributed by atoms with Gasteiger partial charge in [-0.25, -0.2) is 4.39 Å². The first-order chi connectivity index (χ1) is 8.16. The van der Waals surface area contributed by atoms with E-state index in [9.17, 15) is 4.39 Å². The molecule has 1 aromatic carbocycles. The van der Waals surface area contributed by atoms with Gasteiger partial charge in [-0.3, -0.25) is 0 Å². The molecule has 2 rings (SSSR count). The molecular formula is C14H17FN2. The van der Waals surface area contributed by atoms with Gasteiger partial charge in [0, 0.05) is 30.0 Å². The number of benzene rings is 1. The maximum Gasteiger partial charge on any atom is 0.123 e. The molecule has 0 aliphatic rings. The SMILES string of the molecule is CC(C)NCc1cc(F)ccc1-c1ccc[nH]1. The lowest BCUT2D eigenvalue weighted by atomic mass is 10.0. The third-order valence-corrected chi connectivity index (χ3v) is 2.66. The van der Waals surface area contributed by atoms with Crippen LogP contribution in [0.4, 0.5) is 4.39 Å². The van der Waals surface area contributed by atoms with Crippen molar-refractivity contribution in [2.24, 2.45) is 0 Å². The lowest BCUT2D eigenvalue weighted by Crippen LogP contribution is -2.22. The lowest BCUT2D eigenvalue weighted by Gasteiger charge is -2.12. The first-order valence-electron chi connectivity index (χ1n) is 5.82. The number of aromatic nitrogens is 1. The summed E-state index contributed by atoms with van der Waals surface area (Å²) in [4.78, 5) is 3.15. The van der Waals surface area contributed by atoms with Crippen LogP contribution in [0.5, 0.6) is 0 Å². The summed E-state index contributed by atoms with van der Waals surface area (Å²) in [5.74, 6) is -0.194. The van der Waals surface area contributed by atoms with Crippen molar-refractivity contribution in [2.45, 2.75) is 26.4 Å². The molecule has 0 aliphatic carbocycles. The highest BCUT2D eigenvalue weighted by Gasteiger charge is 2.07. The fourth-order valence-corrected chi connectivity index (χ4v) is 1.78. The maximum absolute atomic E-state index is 13.3. The monoisotopic (exact) mass is 232 g/mol. The van der Waals surface area contributed by atoms with Crippen LogP contribution in [-0.2, 0) is 6.54 Å². The van der Waals surface area contributed by atoms with Crippen molar-refractivity contribution in [3.8, 4) is 11.3 Å². The van der Waals surface area contributed by atoms with E-state index in [1.807, 2.05) is 24.4 Å². The Morgan fingerprint density at radius 3 is 2.76 bits per heavy atom. The van der Waals surface area contributed by atoms with E-state index in [1.165, 1.54) is 6.07 Å². The van der Waals surface area contributed by atoms with Crippen molar-refractivity contribution in [1.82, 2.24) is 10.3 Å². The Morgan fingerprint density at radius 2 is 2.12 bits per heavy atom. The summed E-state index contributed by atoms with van der Waals surface area (Å²) < 4.78 is 13.3. The molecule has 0 radical (unpaired) electrons. The van der Waals surface area contributed by atoms with Crippen LogP contribution in [0, 0.1) is 5.82 Å². The minimum Gasteiger partial charge on any atom is -0.361 e. The zero-order valence-electron chi connectivity index (χ0n) is 10.1. The van der Waals surface area contributed by atoms with Gasteiger partial charge in [0.1, 0.15) is 5.82 Å². The first kappa shape index (κ1) is 11.9. The Kier molecular flexibility index (Phi) is 3.59. The predicted octanol–water partition coefficient (Wildman–Crippen LogP) is 3.32. The molecule has 0 saturated heterocycles. The Bertz CT molecular complexity index is 475. The van der Waals surface area contributed by atoms with Gasteiger partial charge in [0.25, 0.3) is 0 Å². The van der Waals surface area contributed by atoms with Crippen molar-refractivity contribution >= 4 is 0 Å². The van der Waals surface area contributed by atoms with E-state index in [2.05, 4.69) is 24.1 Å². The van der Waals surface area contributed by atoms with Crippen LogP contribution in [-0.4, -0.2) is 11.0 Å². The number of rotatable bonds is 4. The Hall–Kier alpha value is -1.61. The van der Waals surface area contributed by atoms with Gasteiger partial charge in [0.05, 0.1) is 0 Å². The fraction of sp³-hybridized carbons (Fsp3) is 0.286. The second-order valence-electron chi connectivity index (χ2n) is 4.42. The van der Waals surface area contributed by atoms with E-state index < -0.39 is 0 Å². The molecular weight excluding hydrogens is 215 g/mol. The number of hydrogen-bond acceptors (Lipinski definition) is 1.